The van der Waals surface area contributed by atoms with Gasteiger partial charge in [0.1, 0.15) is 0 Å². The molecule has 1 aliphatic rings. The van der Waals surface area contributed by atoms with Crippen molar-refractivity contribution >= 4 is 17.5 Å². The Morgan fingerprint density at radius 1 is 0.794 bits per heavy atom. The summed E-state index contributed by atoms with van der Waals surface area (Å²) in [5.41, 5.74) is 0.790. The van der Waals surface area contributed by atoms with E-state index in [9.17, 15) is 22.8 Å². The number of rotatable bonds is 4. The monoisotopic (exact) mass is 463 g/mol. The predicted molar refractivity (Wildman–Crippen MR) is 117 cm³/mol. The van der Waals surface area contributed by atoms with Crippen LogP contribution in [0.3, 0.4) is 0 Å². The van der Waals surface area contributed by atoms with Crippen molar-refractivity contribution in [1.29, 1.82) is 0 Å². The van der Waals surface area contributed by atoms with E-state index in [1.165, 1.54) is 12.1 Å². The molecule has 1 saturated heterocycles. The minimum atomic E-state index is -4.58. The van der Waals surface area contributed by atoms with Crippen LogP contribution in [0.2, 0.25) is 0 Å². The van der Waals surface area contributed by atoms with Crippen molar-refractivity contribution in [2.75, 3.05) is 4.90 Å². The zero-order chi connectivity index (χ0) is 23.9. The molecule has 0 spiro atoms. The molecule has 5 rings (SSSR count). The van der Waals surface area contributed by atoms with Crippen molar-refractivity contribution in [3.8, 4) is 34.0 Å². The largest absolute Gasteiger partial charge is 0.417 e. The summed E-state index contributed by atoms with van der Waals surface area (Å²) in [5, 5.41) is 3.88. The third-order valence-electron chi connectivity index (χ3n) is 5.52. The topological polar surface area (TPSA) is 76.3 Å². The molecule has 4 aromatic rings. The minimum Gasteiger partial charge on any atom is -0.334 e. The molecule has 0 atom stereocenters. The van der Waals surface area contributed by atoms with E-state index >= 15 is 0 Å². The molecule has 34 heavy (non-hydrogen) atoms. The van der Waals surface area contributed by atoms with Crippen LogP contribution in [0.5, 0.6) is 0 Å². The van der Waals surface area contributed by atoms with Gasteiger partial charge in [-0.25, -0.2) is 0 Å². The fraction of sp³-hybridized carbons (Fsp3) is 0.120. The summed E-state index contributed by atoms with van der Waals surface area (Å²) in [7, 11) is 0. The Balaban J connectivity index is 1.46. The van der Waals surface area contributed by atoms with Gasteiger partial charge in [-0.1, -0.05) is 41.6 Å². The lowest BCUT2D eigenvalue weighted by Crippen LogP contribution is -2.28. The third kappa shape index (κ3) is 3.96. The molecule has 0 bridgehead atoms. The number of amides is 2. The maximum Gasteiger partial charge on any atom is 0.417 e. The van der Waals surface area contributed by atoms with Gasteiger partial charge in [0.05, 0.1) is 11.3 Å². The first kappa shape index (κ1) is 21.6. The van der Waals surface area contributed by atoms with Crippen molar-refractivity contribution in [3.63, 3.8) is 0 Å². The van der Waals surface area contributed by atoms with Crippen LogP contribution in [0.25, 0.3) is 34.0 Å². The number of carbonyl (C=O) groups is 2. The van der Waals surface area contributed by atoms with Crippen LogP contribution < -0.4 is 4.90 Å². The minimum absolute atomic E-state index is 0.0539. The van der Waals surface area contributed by atoms with Gasteiger partial charge in [-0.2, -0.15) is 18.2 Å². The van der Waals surface area contributed by atoms with E-state index in [0.29, 0.717) is 16.8 Å². The van der Waals surface area contributed by atoms with E-state index in [1.807, 2.05) is 0 Å². The van der Waals surface area contributed by atoms with E-state index in [1.54, 1.807) is 54.6 Å². The van der Waals surface area contributed by atoms with Gasteiger partial charge in [0.2, 0.25) is 17.6 Å². The highest BCUT2D eigenvalue weighted by atomic mass is 19.4. The van der Waals surface area contributed by atoms with E-state index in [0.717, 1.165) is 11.0 Å². The fourth-order valence-electron chi connectivity index (χ4n) is 3.86. The molecule has 0 aliphatic carbocycles. The Morgan fingerprint density at radius 2 is 1.44 bits per heavy atom. The van der Waals surface area contributed by atoms with Crippen molar-refractivity contribution in [3.05, 3.63) is 78.4 Å². The molecule has 0 radical (unpaired) electrons. The van der Waals surface area contributed by atoms with Gasteiger partial charge in [-0.3, -0.25) is 14.5 Å². The lowest BCUT2D eigenvalue weighted by Gasteiger charge is -2.14. The van der Waals surface area contributed by atoms with Gasteiger partial charge in [0.15, 0.2) is 0 Å². The highest BCUT2D eigenvalue weighted by Crippen LogP contribution is 2.39. The normalized spacial score (nSPS) is 14.1. The summed E-state index contributed by atoms with van der Waals surface area (Å²) in [5.74, 6) is -0.423. The Hall–Kier alpha value is -4.27. The van der Waals surface area contributed by atoms with Crippen LogP contribution in [0.1, 0.15) is 18.4 Å². The Bertz CT molecular complexity index is 1360. The number of imide groups is 1. The van der Waals surface area contributed by atoms with Crippen molar-refractivity contribution in [1.82, 2.24) is 10.1 Å². The summed E-state index contributed by atoms with van der Waals surface area (Å²) in [6.45, 7) is 0. The number of hydrogen-bond donors (Lipinski definition) is 0. The summed E-state index contributed by atoms with van der Waals surface area (Å²) < 4.78 is 46.6. The number of alkyl halides is 3. The summed E-state index contributed by atoms with van der Waals surface area (Å²) in [6, 6.07) is 18.6. The molecule has 0 N–H and O–H groups in total. The molecule has 2 heterocycles. The molecule has 3 aromatic carbocycles. The first-order valence-corrected chi connectivity index (χ1v) is 10.4. The van der Waals surface area contributed by atoms with Gasteiger partial charge in [-0.05, 0) is 47.5 Å². The molecule has 1 fully saturated rings. The van der Waals surface area contributed by atoms with Crippen LogP contribution in [0.4, 0.5) is 18.9 Å². The lowest BCUT2D eigenvalue weighted by atomic mass is 9.97. The molecule has 1 aromatic heterocycles. The quantitative estimate of drug-likeness (QED) is 0.361. The number of halogens is 3. The van der Waals surface area contributed by atoms with Gasteiger partial charge in [-0.15, -0.1) is 0 Å². The van der Waals surface area contributed by atoms with Crippen molar-refractivity contribution in [2.24, 2.45) is 0 Å². The zero-order valence-corrected chi connectivity index (χ0v) is 17.5. The SMILES string of the molecule is O=C1CCC(=O)N1c1ccc(-c2noc(-c3ccc(-c4ccccc4)c(C(F)(F)F)c3)n2)cc1. The first-order valence-electron chi connectivity index (χ1n) is 10.4. The van der Waals surface area contributed by atoms with Crippen LogP contribution in [-0.4, -0.2) is 22.0 Å². The smallest absolute Gasteiger partial charge is 0.334 e. The molecule has 6 nitrogen and oxygen atoms in total. The number of hydrogen-bond acceptors (Lipinski definition) is 5. The molecule has 2 amide bonds. The number of aromatic nitrogens is 2. The van der Waals surface area contributed by atoms with Gasteiger partial charge < -0.3 is 4.52 Å². The average molecular weight is 463 g/mol. The molecule has 0 saturated carbocycles. The lowest BCUT2D eigenvalue weighted by molar-refractivity contribution is -0.137. The number of carbonyl (C=O) groups excluding carboxylic acids is 2. The second kappa shape index (κ2) is 8.26. The Morgan fingerprint density at radius 3 is 2.09 bits per heavy atom. The standard InChI is InChI=1S/C25H16F3N3O3/c26-25(27,28)20-14-17(8-11-19(20)15-4-2-1-3-5-15)24-29-23(30-34-24)16-6-9-18(10-7-16)31-21(32)12-13-22(31)33/h1-11,14H,12-13H2. The third-order valence-corrected chi connectivity index (χ3v) is 5.52. The van der Waals surface area contributed by atoms with Gasteiger partial charge in [0.25, 0.3) is 5.89 Å². The number of nitrogens with zero attached hydrogens (tertiary/aromatic N) is 3. The van der Waals surface area contributed by atoms with Crippen LogP contribution in [0.15, 0.2) is 77.3 Å². The Labute approximate surface area is 191 Å². The van der Waals surface area contributed by atoms with Crippen LogP contribution in [0, 0.1) is 0 Å². The van der Waals surface area contributed by atoms with E-state index in [2.05, 4.69) is 10.1 Å². The number of benzene rings is 3. The molecular formula is C25H16F3N3O3. The van der Waals surface area contributed by atoms with Crippen molar-refractivity contribution < 1.29 is 27.3 Å². The Kier molecular flexibility index (Phi) is 5.24. The van der Waals surface area contributed by atoms with E-state index < -0.39 is 11.7 Å². The molecule has 9 heteroatoms. The van der Waals surface area contributed by atoms with E-state index in [4.69, 9.17) is 4.52 Å². The molecule has 170 valence electrons. The van der Waals surface area contributed by atoms with Crippen LogP contribution >= 0.6 is 0 Å². The summed E-state index contributed by atoms with van der Waals surface area (Å²) in [6.07, 6.45) is -4.22. The zero-order valence-electron chi connectivity index (χ0n) is 17.5. The molecular weight excluding hydrogens is 447 g/mol. The summed E-state index contributed by atoms with van der Waals surface area (Å²) >= 11 is 0. The maximum atomic E-state index is 13.8. The summed E-state index contributed by atoms with van der Waals surface area (Å²) in [4.78, 5) is 29.2. The van der Waals surface area contributed by atoms with E-state index in [-0.39, 0.29) is 47.5 Å². The van der Waals surface area contributed by atoms with Gasteiger partial charge >= 0.3 is 6.18 Å². The van der Waals surface area contributed by atoms with Crippen molar-refractivity contribution in [2.45, 2.75) is 19.0 Å². The number of anilines is 1. The van der Waals surface area contributed by atoms with Gasteiger partial charge in [0, 0.05) is 24.0 Å². The highest BCUT2D eigenvalue weighted by molar-refractivity contribution is 6.19. The second-order valence-corrected chi connectivity index (χ2v) is 7.72. The first-order chi connectivity index (χ1) is 16.3. The molecule has 0 unspecified atom stereocenters. The maximum absolute atomic E-state index is 13.8. The second-order valence-electron chi connectivity index (χ2n) is 7.72. The average Bonchev–Trinajstić information content (AvgIpc) is 3.46. The van der Waals surface area contributed by atoms with Crippen LogP contribution in [-0.2, 0) is 15.8 Å². The predicted octanol–water partition coefficient (Wildman–Crippen LogP) is 5.74. The fourth-order valence-corrected chi connectivity index (χ4v) is 3.86. The molecule has 1 aliphatic heterocycles. The highest BCUT2D eigenvalue weighted by Gasteiger charge is 2.34.